The van der Waals surface area contributed by atoms with E-state index in [1.54, 1.807) is 29.2 Å². The summed E-state index contributed by atoms with van der Waals surface area (Å²) in [7, 11) is 1.30. The maximum absolute atomic E-state index is 13.0. The third kappa shape index (κ3) is 4.76. The molecule has 146 valence electrons. The average molecular weight is 380 g/mol. The van der Waals surface area contributed by atoms with Gasteiger partial charge in [-0.2, -0.15) is 0 Å². The van der Waals surface area contributed by atoms with Crippen molar-refractivity contribution in [2.24, 2.45) is 0 Å². The number of anilines is 1. The second kappa shape index (κ2) is 9.17. The van der Waals surface area contributed by atoms with Crippen LogP contribution in [-0.4, -0.2) is 42.9 Å². The molecule has 0 aliphatic carbocycles. The summed E-state index contributed by atoms with van der Waals surface area (Å²) in [5.74, 6) is -0.618. The van der Waals surface area contributed by atoms with Crippen LogP contribution in [0.1, 0.15) is 35.2 Å². The molecule has 0 aromatic heterocycles. The van der Waals surface area contributed by atoms with Gasteiger partial charge in [-0.3, -0.25) is 14.4 Å². The number of hydrogen-bond acceptors (Lipinski definition) is 4. The van der Waals surface area contributed by atoms with Gasteiger partial charge in [0.2, 0.25) is 5.91 Å². The monoisotopic (exact) mass is 380 g/mol. The fraction of sp³-hybridized carbons (Fsp3) is 0.318. The Labute approximate surface area is 164 Å². The molecule has 1 aliphatic heterocycles. The molecule has 6 nitrogen and oxygen atoms in total. The molecule has 0 bridgehead atoms. The SMILES string of the molecule is COC(=O)CN(Cc1ccccc1)C(=O)c1ccc(N2CCCCC2=O)cc1. The van der Waals surface area contributed by atoms with E-state index in [4.69, 9.17) is 4.74 Å². The van der Waals surface area contributed by atoms with Crippen molar-refractivity contribution in [3.63, 3.8) is 0 Å². The number of nitrogens with zero attached hydrogens (tertiary/aromatic N) is 2. The first-order valence-electron chi connectivity index (χ1n) is 9.39. The number of methoxy groups -OCH3 is 1. The number of ether oxygens (including phenoxy) is 1. The van der Waals surface area contributed by atoms with Crippen LogP contribution in [-0.2, 0) is 20.9 Å². The minimum Gasteiger partial charge on any atom is -0.468 e. The van der Waals surface area contributed by atoms with Crippen molar-refractivity contribution in [1.29, 1.82) is 0 Å². The van der Waals surface area contributed by atoms with Crippen LogP contribution in [0, 0.1) is 0 Å². The summed E-state index contributed by atoms with van der Waals surface area (Å²) >= 11 is 0. The highest BCUT2D eigenvalue weighted by molar-refractivity contribution is 5.98. The third-order valence-electron chi connectivity index (χ3n) is 4.80. The molecule has 1 fully saturated rings. The minimum atomic E-state index is -0.472. The van der Waals surface area contributed by atoms with Gasteiger partial charge in [-0.05, 0) is 42.7 Å². The van der Waals surface area contributed by atoms with Crippen molar-refractivity contribution >= 4 is 23.5 Å². The van der Waals surface area contributed by atoms with Gasteiger partial charge in [0.1, 0.15) is 6.54 Å². The van der Waals surface area contributed by atoms with Gasteiger partial charge in [0.05, 0.1) is 7.11 Å². The zero-order valence-corrected chi connectivity index (χ0v) is 16.0. The molecule has 2 aromatic carbocycles. The minimum absolute atomic E-state index is 0.113. The first-order valence-corrected chi connectivity index (χ1v) is 9.39. The number of rotatable bonds is 6. The van der Waals surface area contributed by atoms with Gasteiger partial charge in [0, 0.05) is 30.8 Å². The summed E-state index contributed by atoms with van der Waals surface area (Å²) in [4.78, 5) is 40.1. The highest BCUT2D eigenvalue weighted by Crippen LogP contribution is 2.22. The molecule has 0 atom stereocenters. The fourth-order valence-corrected chi connectivity index (χ4v) is 3.27. The Morgan fingerprint density at radius 1 is 1.04 bits per heavy atom. The van der Waals surface area contributed by atoms with Crippen LogP contribution in [0.2, 0.25) is 0 Å². The Kier molecular flexibility index (Phi) is 6.42. The molecule has 1 saturated heterocycles. The van der Waals surface area contributed by atoms with E-state index in [1.165, 1.54) is 12.0 Å². The van der Waals surface area contributed by atoms with Crippen molar-refractivity contribution in [1.82, 2.24) is 4.90 Å². The van der Waals surface area contributed by atoms with Crippen LogP contribution in [0.4, 0.5) is 5.69 Å². The molecule has 6 heteroatoms. The zero-order valence-electron chi connectivity index (χ0n) is 16.0. The van der Waals surface area contributed by atoms with E-state index in [9.17, 15) is 14.4 Å². The number of esters is 1. The maximum Gasteiger partial charge on any atom is 0.325 e. The molecule has 3 rings (SSSR count). The largest absolute Gasteiger partial charge is 0.468 e. The summed E-state index contributed by atoms with van der Waals surface area (Å²) in [5, 5.41) is 0. The molecular formula is C22H24N2O4. The molecule has 0 N–H and O–H groups in total. The lowest BCUT2D eigenvalue weighted by molar-refractivity contribution is -0.141. The van der Waals surface area contributed by atoms with Crippen LogP contribution in [0.3, 0.4) is 0 Å². The molecule has 2 amide bonds. The van der Waals surface area contributed by atoms with Crippen molar-refractivity contribution in [3.8, 4) is 0 Å². The van der Waals surface area contributed by atoms with Gasteiger partial charge in [-0.15, -0.1) is 0 Å². The number of hydrogen-bond donors (Lipinski definition) is 0. The second-order valence-electron chi connectivity index (χ2n) is 6.77. The van der Waals surface area contributed by atoms with Crippen molar-refractivity contribution < 1.29 is 19.1 Å². The zero-order chi connectivity index (χ0) is 19.9. The maximum atomic E-state index is 13.0. The van der Waals surface area contributed by atoms with Crippen LogP contribution in [0.25, 0.3) is 0 Å². The summed E-state index contributed by atoms with van der Waals surface area (Å²) < 4.78 is 4.74. The summed E-state index contributed by atoms with van der Waals surface area (Å²) in [6, 6.07) is 16.5. The van der Waals surface area contributed by atoms with E-state index in [0.717, 1.165) is 24.1 Å². The van der Waals surface area contributed by atoms with Crippen molar-refractivity contribution in [2.45, 2.75) is 25.8 Å². The van der Waals surface area contributed by atoms with Gasteiger partial charge in [0.25, 0.3) is 5.91 Å². The number of piperidine rings is 1. The van der Waals surface area contributed by atoms with E-state index < -0.39 is 5.97 Å². The number of amides is 2. The summed E-state index contributed by atoms with van der Waals surface area (Å²) in [5.41, 5.74) is 2.19. The molecule has 28 heavy (non-hydrogen) atoms. The first kappa shape index (κ1) is 19.6. The second-order valence-corrected chi connectivity index (χ2v) is 6.77. The van der Waals surface area contributed by atoms with Crippen LogP contribution >= 0.6 is 0 Å². The Morgan fingerprint density at radius 3 is 2.39 bits per heavy atom. The highest BCUT2D eigenvalue weighted by atomic mass is 16.5. The van der Waals surface area contributed by atoms with Crippen LogP contribution in [0.5, 0.6) is 0 Å². The molecule has 0 radical (unpaired) electrons. The van der Waals surface area contributed by atoms with E-state index in [-0.39, 0.29) is 18.4 Å². The number of carbonyl (C=O) groups is 3. The predicted octanol–water partition coefficient (Wildman–Crippen LogP) is 3.02. The van der Waals surface area contributed by atoms with E-state index in [1.807, 2.05) is 30.3 Å². The quantitative estimate of drug-likeness (QED) is 0.723. The average Bonchev–Trinajstić information content (AvgIpc) is 2.74. The Morgan fingerprint density at radius 2 is 1.75 bits per heavy atom. The van der Waals surface area contributed by atoms with Crippen LogP contribution in [0.15, 0.2) is 54.6 Å². The molecule has 0 saturated carbocycles. The lowest BCUT2D eigenvalue weighted by Gasteiger charge is -2.27. The lowest BCUT2D eigenvalue weighted by Crippen LogP contribution is -2.36. The Bertz CT molecular complexity index is 833. The van der Waals surface area contributed by atoms with Crippen molar-refractivity contribution in [2.75, 3.05) is 25.1 Å². The van der Waals surface area contributed by atoms with Gasteiger partial charge in [0.15, 0.2) is 0 Å². The van der Waals surface area contributed by atoms with Gasteiger partial charge in [-0.1, -0.05) is 30.3 Å². The molecule has 0 spiro atoms. The fourth-order valence-electron chi connectivity index (χ4n) is 3.27. The lowest BCUT2D eigenvalue weighted by atomic mass is 10.1. The van der Waals surface area contributed by atoms with Gasteiger partial charge >= 0.3 is 5.97 Å². The number of benzene rings is 2. The van der Waals surface area contributed by atoms with Crippen LogP contribution < -0.4 is 4.90 Å². The molecular weight excluding hydrogens is 356 g/mol. The number of carbonyl (C=O) groups excluding carboxylic acids is 3. The smallest absolute Gasteiger partial charge is 0.325 e. The Hall–Kier alpha value is -3.15. The topological polar surface area (TPSA) is 66.9 Å². The van der Waals surface area contributed by atoms with Gasteiger partial charge < -0.3 is 14.5 Å². The summed E-state index contributed by atoms with van der Waals surface area (Å²) in [6.07, 6.45) is 2.47. The highest BCUT2D eigenvalue weighted by Gasteiger charge is 2.22. The molecule has 2 aromatic rings. The van der Waals surface area contributed by atoms with E-state index in [0.29, 0.717) is 25.1 Å². The van der Waals surface area contributed by atoms with Gasteiger partial charge in [-0.25, -0.2) is 0 Å². The van der Waals surface area contributed by atoms with E-state index >= 15 is 0 Å². The molecule has 0 unspecified atom stereocenters. The van der Waals surface area contributed by atoms with E-state index in [2.05, 4.69) is 0 Å². The first-order chi connectivity index (χ1) is 13.6. The summed E-state index contributed by atoms with van der Waals surface area (Å²) in [6.45, 7) is 0.881. The molecule has 1 heterocycles. The third-order valence-corrected chi connectivity index (χ3v) is 4.80. The van der Waals surface area contributed by atoms with Crippen molar-refractivity contribution in [3.05, 3.63) is 65.7 Å². The normalized spacial score (nSPS) is 13.9. The standard InChI is InChI=1S/C22H24N2O4/c1-28-21(26)16-23(15-17-7-3-2-4-8-17)22(27)18-10-12-19(13-11-18)24-14-6-5-9-20(24)25/h2-4,7-8,10-13H,5-6,9,14-16H2,1H3. The Balaban J connectivity index is 1.77. The molecule has 1 aliphatic rings. The predicted molar refractivity (Wildman–Crippen MR) is 106 cm³/mol.